The predicted octanol–water partition coefficient (Wildman–Crippen LogP) is 4.49. The number of aromatic amines is 2. The average Bonchev–Trinajstić information content (AvgIpc) is 3.27. The van der Waals surface area contributed by atoms with Crippen molar-refractivity contribution < 1.29 is 9.59 Å². The molecule has 3 heterocycles. The van der Waals surface area contributed by atoms with E-state index in [0.717, 1.165) is 43.6 Å². The van der Waals surface area contributed by atoms with Crippen molar-refractivity contribution in [3.8, 4) is 0 Å². The number of benzene rings is 3. The first kappa shape index (κ1) is 13.9. The second-order valence-electron chi connectivity index (χ2n) is 6.49. The monoisotopic (exact) mass is 359 g/mol. The Morgan fingerprint density at radius 1 is 0.692 bits per heavy atom. The van der Waals surface area contributed by atoms with Crippen LogP contribution >= 0.6 is 11.6 Å². The minimum absolute atomic E-state index is 0.363. The number of para-hydroxylation sites is 2. The molecular weight excluding hydrogens is 350 g/mol. The fraction of sp³-hybridized carbons (Fsp3) is 0. The Kier molecular flexibility index (Phi) is 2.38. The maximum atomic E-state index is 12.6. The number of hydrogen-bond acceptors (Lipinski definition) is 2. The topological polar surface area (TPSA) is 77.8 Å². The van der Waals surface area contributed by atoms with Gasteiger partial charge in [-0.1, -0.05) is 41.9 Å². The highest BCUT2D eigenvalue weighted by atomic mass is 35.5. The van der Waals surface area contributed by atoms with Crippen LogP contribution in [0, 0.1) is 0 Å². The number of carbonyl (C=O) groups is 2. The van der Waals surface area contributed by atoms with Crippen molar-refractivity contribution in [3.05, 3.63) is 58.6 Å². The fourth-order valence-corrected chi connectivity index (χ4v) is 4.37. The number of nitrogens with one attached hydrogen (secondary N) is 3. The Morgan fingerprint density at radius 3 is 2.15 bits per heavy atom. The summed E-state index contributed by atoms with van der Waals surface area (Å²) in [6.07, 6.45) is 0. The molecule has 0 aliphatic carbocycles. The highest BCUT2D eigenvalue weighted by Crippen LogP contribution is 2.42. The molecule has 6 heteroatoms. The second-order valence-corrected chi connectivity index (χ2v) is 6.90. The van der Waals surface area contributed by atoms with Crippen LogP contribution in [-0.4, -0.2) is 21.8 Å². The van der Waals surface area contributed by atoms with E-state index >= 15 is 0 Å². The van der Waals surface area contributed by atoms with Crippen molar-refractivity contribution in [2.45, 2.75) is 0 Å². The normalized spacial score (nSPS) is 14.0. The van der Waals surface area contributed by atoms with Crippen molar-refractivity contribution in [2.75, 3.05) is 0 Å². The lowest BCUT2D eigenvalue weighted by Crippen LogP contribution is -2.20. The lowest BCUT2D eigenvalue weighted by molar-refractivity contribution is 0.0880. The molecule has 0 fully saturated rings. The quantitative estimate of drug-likeness (QED) is 0.356. The first-order chi connectivity index (χ1) is 12.6. The highest BCUT2D eigenvalue weighted by molar-refractivity contribution is 6.41. The maximum absolute atomic E-state index is 12.6. The minimum atomic E-state index is -0.372. The molecule has 5 nitrogen and oxygen atoms in total. The van der Waals surface area contributed by atoms with Crippen LogP contribution in [0.1, 0.15) is 20.7 Å². The van der Waals surface area contributed by atoms with E-state index in [1.807, 2.05) is 36.4 Å². The third-order valence-electron chi connectivity index (χ3n) is 5.17. The van der Waals surface area contributed by atoms with Crippen LogP contribution in [0.5, 0.6) is 0 Å². The van der Waals surface area contributed by atoms with Crippen molar-refractivity contribution in [1.29, 1.82) is 0 Å². The molecule has 0 atom stereocenters. The molecule has 0 radical (unpaired) electrons. The van der Waals surface area contributed by atoms with Crippen LogP contribution in [0.3, 0.4) is 0 Å². The van der Waals surface area contributed by atoms with Crippen LogP contribution in [-0.2, 0) is 0 Å². The van der Waals surface area contributed by atoms with E-state index in [4.69, 9.17) is 11.6 Å². The molecule has 0 saturated carbocycles. The molecule has 5 aromatic rings. The summed E-state index contributed by atoms with van der Waals surface area (Å²) in [5.74, 6) is -0.735. The minimum Gasteiger partial charge on any atom is -0.353 e. The van der Waals surface area contributed by atoms with Gasteiger partial charge in [0.2, 0.25) is 0 Å². The summed E-state index contributed by atoms with van der Waals surface area (Å²) >= 11 is 6.37. The third-order valence-corrected chi connectivity index (χ3v) is 5.49. The standard InChI is InChI=1S/C20H10ClN3O2/c21-10-6-3-5-9-13-15-14(19(25)24-20(15)26)12-8-4-1-2-7-11(8)22-17(12)18(13)23-16(9)10/h1-7,22-23H,(H,24,25,26). The van der Waals surface area contributed by atoms with Gasteiger partial charge in [-0.15, -0.1) is 0 Å². The van der Waals surface area contributed by atoms with E-state index in [9.17, 15) is 9.59 Å². The van der Waals surface area contributed by atoms with Crippen molar-refractivity contribution >= 4 is 67.0 Å². The summed E-state index contributed by atoms with van der Waals surface area (Å²) in [4.78, 5) is 32.0. The van der Waals surface area contributed by atoms with Crippen molar-refractivity contribution in [1.82, 2.24) is 15.3 Å². The second kappa shape index (κ2) is 4.45. The van der Waals surface area contributed by atoms with Crippen molar-refractivity contribution in [2.24, 2.45) is 0 Å². The van der Waals surface area contributed by atoms with Gasteiger partial charge in [-0.2, -0.15) is 0 Å². The lowest BCUT2D eigenvalue weighted by Gasteiger charge is -2.02. The van der Waals surface area contributed by atoms with Crippen molar-refractivity contribution in [3.63, 3.8) is 0 Å². The fourth-order valence-electron chi connectivity index (χ4n) is 4.15. The zero-order valence-electron chi connectivity index (χ0n) is 13.2. The van der Waals surface area contributed by atoms with Gasteiger partial charge in [0.15, 0.2) is 0 Å². The van der Waals surface area contributed by atoms with Gasteiger partial charge in [0.25, 0.3) is 11.8 Å². The lowest BCUT2D eigenvalue weighted by atomic mass is 9.97. The van der Waals surface area contributed by atoms with Gasteiger partial charge >= 0.3 is 0 Å². The molecule has 1 aliphatic heterocycles. The van der Waals surface area contributed by atoms with E-state index in [1.54, 1.807) is 6.07 Å². The van der Waals surface area contributed by atoms with Crippen LogP contribution in [0.15, 0.2) is 42.5 Å². The number of H-pyrrole nitrogens is 2. The molecule has 26 heavy (non-hydrogen) atoms. The molecule has 0 saturated heterocycles. The zero-order chi connectivity index (χ0) is 17.6. The summed E-state index contributed by atoms with van der Waals surface area (Å²) in [6.45, 7) is 0. The first-order valence-electron chi connectivity index (χ1n) is 8.17. The van der Waals surface area contributed by atoms with Crippen LogP contribution in [0.2, 0.25) is 5.02 Å². The number of imide groups is 1. The van der Waals surface area contributed by atoms with Crippen LogP contribution in [0.25, 0.3) is 43.6 Å². The number of fused-ring (bicyclic) bond motifs is 10. The van der Waals surface area contributed by atoms with Gasteiger partial charge in [0, 0.05) is 27.1 Å². The number of carbonyl (C=O) groups excluding carboxylic acids is 2. The molecule has 2 amide bonds. The number of amides is 2. The molecule has 1 aliphatic rings. The Morgan fingerprint density at radius 2 is 1.35 bits per heavy atom. The van der Waals surface area contributed by atoms with Gasteiger partial charge in [0.05, 0.1) is 32.7 Å². The van der Waals surface area contributed by atoms with Crippen LogP contribution in [0.4, 0.5) is 0 Å². The highest BCUT2D eigenvalue weighted by Gasteiger charge is 2.34. The van der Waals surface area contributed by atoms with E-state index in [2.05, 4.69) is 15.3 Å². The molecule has 0 unspecified atom stereocenters. The summed E-state index contributed by atoms with van der Waals surface area (Å²) in [7, 11) is 0. The number of hydrogen-bond donors (Lipinski definition) is 3. The Bertz CT molecular complexity index is 1460. The van der Waals surface area contributed by atoms with Gasteiger partial charge in [-0.25, -0.2) is 0 Å². The molecule has 0 spiro atoms. The molecule has 3 aromatic carbocycles. The Labute approximate surface area is 150 Å². The molecule has 6 rings (SSSR count). The zero-order valence-corrected chi connectivity index (χ0v) is 14.0. The van der Waals surface area contributed by atoms with Gasteiger partial charge in [-0.05, 0) is 12.1 Å². The summed E-state index contributed by atoms with van der Waals surface area (Å²) in [5.41, 5.74) is 4.09. The summed E-state index contributed by atoms with van der Waals surface area (Å²) < 4.78 is 0. The number of halogens is 1. The SMILES string of the molecule is O=C1NC(=O)c2c1c1c3ccccc3[nH]c1c1[nH]c3c(Cl)cccc3c21. The third kappa shape index (κ3) is 1.48. The Hall–Kier alpha value is -3.31. The van der Waals surface area contributed by atoms with Gasteiger partial charge < -0.3 is 9.97 Å². The molecule has 3 N–H and O–H groups in total. The maximum Gasteiger partial charge on any atom is 0.259 e. The molecule has 0 bridgehead atoms. The smallest absolute Gasteiger partial charge is 0.259 e. The van der Waals surface area contributed by atoms with E-state index in [-0.39, 0.29) is 11.8 Å². The molecular formula is C20H10ClN3O2. The van der Waals surface area contributed by atoms with E-state index in [0.29, 0.717) is 16.1 Å². The van der Waals surface area contributed by atoms with Gasteiger partial charge in [-0.3, -0.25) is 14.9 Å². The van der Waals surface area contributed by atoms with Crippen LogP contribution < -0.4 is 5.32 Å². The molecule has 2 aromatic heterocycles. The first-order valence-corrected chi connectivity index (χ1v) is 8.55. The number of rotatable bonds is 0. The number of aromatic nitrogens is 2. The summed E-state index contributed by atoms with van der Waals surface area (Å²) in [5, 5.41) is 6.24. The van der Waals surface area contributed by atoms with E-state index < -0.39 is 0 Å². The van der Waals surface area contributed by atoms with E-state index in [1.165, 1.54) is 0 Å². The Balaban J connectivity index is 2.03. The predicted molar refractivity (Wildman–Crippen MR) is 102 cm³/mol. The average molecular weight is 360 g/mol. The summed E-state index contributed by atoms with van der Waals surface area (Å²) in [6, 6.07) is 13.3. The van der Waals surface area contributed by atoms with Gasteiger partial charge in [0.1, 0.15) is 0 Å². The molecule has 124 valence electrons. The largest absolute Gasteiger partial charge is 0.353 e.